The van der Waals surface area contributed by atoms with E-state index in [2.05, 4.69) is 10.1 Å². The number of benzene rings is 1. The van der Waals surface area contributed by atoms with Crippen molar-refractivity contribution in [2.75, 3.05) is 0 Å². The SMILES string of the molecule is Cc1nc2ccc(Cl)nn2c1C(=O)c1cc(Cl)ccc1Cl. The summed E-state index contributed by atoms with van der Waals surface area (Å²) in [5.41, 5.74) is 1.71. The molecule has 2 heterocycles. The standard InChI is InChI=1S/C14H8Cl3N3O/c1-7-13(20-12(18-7)5-4-11(17)19-20)14(21)9-6-8(15)2-3-10(9)16/h2-6H,1H3. The molecule has 0 atom stereocenters. The third kappa shape index (κ3) is 2.50. The molecule has 0 saturated carbocycles. The highest BCUT2D eigenvalue weighted by Gasteiger charge is 2.21. The van der Waals surface area contributed by atoms with Crippen LogP contribution < -0.4 is 0 Å². The number of imidazole rings is 1. The van der Waals surface area contributed by atoms with Crippen LogP contribution in [-0.2, 0) is 0 Å². The van der Waals surface area contributed by atoms with Gasteiger partial charge in [0, 0.05) is 10.6 Å². The van der Waals surface area contributed by atoms with Crippen molar-refractivity contribution in [2.45, 2.75) is 6.92 Å². The smallest absolute Gasteiger partial charge is 0.214 e. The van der Waals surface area contributed by atoms with Gasteiger partial charge in [0.2, 0.25) is 5.78 Å². The predicted octanol–water partition coefficient (Wildman–Crippen LogP) is 4.23. The maximum atomic E-state index is 12.7. The Balaban J connectivity index is 2.24. The monoisotopic (exact) mass is 339 g/mol. The van der Waals surface area contributed by atoms with Crippen molar-refractivity contribution < 1.29 is 4.79 Å². The van der Waals surface area contributed by atoms with Crippen molar-refractivity contribution in [1.82, 2.24) is 14.6 Å². The number of aromatic nitrogens is 3. The Kier molecular flexibility index (Phi) is 3.61. The molecular formula is C14H8Cl3N3O. The first-order chi connectivity index (χ1) is 9.97. The number of carbonyl (C=O) groups excluding carboxylic acids is 1. The van der Waals surface area contributed by atoms with Crippen LogP contribution in [0.15, 0.2) is 30.3 Å². The third-order valence-electron chi connectivity index (χ3n) is 3.01. The van der Waals surface area contributed by atoms with E-state index in [4.69, 9.17) is 34.8 Å². The molecule has 0 spiro atoms. The average Bonchev–Trinajstić information content (AvgIpc) is 2.76. The molecule has 0 aliphatic rings. The van der Waals surface area contributed by atoms with Crippen LogP contribution in [0.2, 0.25) is 15.2 Å². The Morgan fingerprint density at radius 1 is 1.14 bits per heavy atom. The van der Waals surface area contributed by atoms with E-state index >= 15 is 0 Å². The maximum Gasteiger partial charge on any atom is 0.214 e. The van der Waals surface area contributed by atoms with Gasteiger partial charge in [-0.05, 0) is 37.3 Å². The molecular weight excluding hydrogens is 333 g/mol. The first kappa shape index (κ1) is 14.3. The van der Waals surface area contributed by atoms with Crippen molar-refractivity contribution in [2.24, 2.45) is 0 Å². The van der Waals surface area contributed by atoms with Gasteiger partial charge in [0.25, 0.3) is 0 Å². The van der Waals surface area contributed by atoms with Gasteiger partial charge in [-0.15, -0.1) is 0 Å². The minimum Gasteiger partial charge on any atom is -0.287 e. The number of hydrogen-bond donors (Lipinski definition) is 0. The molecule has 0 bridgehead atoms. The van der Waals surface area contributed by atoms with Crippen LogP contribution in [-0.4, -0.2) is 20.4 Å². The summed E-state index contributed by atoms with van der Waals surface area (Å²) < 4.78 is 1.41. The zero-order valence-electron chi connectivity index (χ0n) is 10.8. The lowest BCUT2D eigenvalue weighted by atomic mass is 10.1. The van der Waals surface area contributed by atoms with E-state index in [1.807, 2.05) is 0 Å². The van der Waals surface area contributed by atoms with Gasteiger partial charge in [-0.2, -0.15) is 5.10 Å². The number of nitrogens with zero attached hydrogens (tertiary/aromatic N) is 3. The number of halogens is 3. The minimum atomic E-state index is -0.303. The van der Waals surface area contributed by atoms with Crippen LogP contribution in [0.3, 0.4) is 0 Å². The lowest BCUT2D eigenvalue weighted by molar-refractivity contribution is 0.103. The number of carbonyl (C=O) groups is 1. The molecule has 3 aromatic rings. The first-order valence-electron chi connectivity index (χ1n) is 5.99. The van der Waals surface area contributed by atoms with Crippen LogP contribution in [0.25, 0.3) is 5.65 Å². The second-order valence-electron chi connectivity index (χ2n) is 4.43. The molecule has 0 radical (unpaired) electrons. The number of ketones is 1. The summed E-state index contributed by atoms with van der Waals surface area (Å²) in [5, 5.41) is 5.14. The molecule has 1 aromatic carbocycles. The normalized spacial score (nSPS) is 11.0. The Morgan fingerprint density at radius 2 is 1.90 bits per heavy atom. The number of rotatable bonds is 2. The van der Waals surface area contributed by atoms with Crippen molar-refractivity contribution in [3.05, 3.63) is 62.5 Å². The number of aryl methyl sites for hydroxylation is 1. The highest BCUT2D eigenvalue weighted by molar-refractivity contribution is 6.36. The molecule has 0 aliphatic heterocycles. The van der Waals surface area contributed by atoms with E-state index in [0.29, 0.717) is 32.6 Å². The van der Waals surface area contributed by atoms with E-state index in [1.165, 1.54) is 10.6 Å². The maximum absolute atomic E-state index is 12.7. The second kappa shape index (κ2) is 5.30. The molecule has 4 nitrogen and oxygen atoms in total. The Labute approximate surface area is 135 Å². The first-order valence-corrected chi connectivity index (χ1v) is 7.12. The van der Waals surface area contributed by atoms with E-state index in [9.17, 15) is 4.79 Å². The quantitative estimate of drug-likeness (QED) is 0.656. The van der Waals surface area contributed by atoms with Gasteiger partial charge in [-0.25, -0.2) is 9.50 Å². The summed E-state index contributed by atoms with van der Waals surface area (Å²) in [6.07, 6.45) is 0. The van der Waals surface area contributed by atoms with Gasteiger partial charge >= 0.3 is 0 Å². The predicted molar refractivity (Wildman–Crippen MR) is 82.6 cm³/mol. The highest BCUT2D eigenvalue weighted by atomic mass is 35.5. The lowest BCUT2D eigenvalue weighted by Crippen LogP contribution is -2.09. The number of fused-ring (bicyclic) bond motifs is 1. The van der Waals surface area contributed by atoms with Crippen molar-refractivity contribution in [3.8, 4) is 0 Å². The topological polar surface area (TPSA) is 47.3 Å². The molecule has 0 aliphatic carbocycles. The molecule has 0 saturated heterocycles. The van der Waals surface area contributed by atoms with Crippen molar-refractivity contribution in [3.63, 3.8) is 0 Å². The average molecular weight is 341 g/mol. The van der Waals surface area contributed by atoms with Crippen LogP contribution in [0.5, 0.6) is 0 Å². The fourth-order valence-electron chi connectivity index (χ4n) is 2.08. The molecule has 7 heteroatoms. The summed E-state index contributed by atoms with van der Waals surface area (Å²) in [7, 11) is 0. The fraction of sp³-hybridized carbons (Fsp3) is 0.0714. The Bertz CT molecular complexity index is 873. The van der Waals surface area contributed by atoms with Gasteiger partial charge in [-0.1, -0.05) is 34.8 Å². The highest BCUT2D eigenvalue weighted by Crippen LogP contribution is 2.25. The van der Waals surface area contributed by atoms with E-state index in [0.717, 1.165) is 0 Å². The molecule has 0 amide bonds. The van der Waals surface area contributed by atoms with Gasteiger partial charge in [-0.3, -0.25) is 4.79 Å². The molecule has 3 rings (SSSR count). The van der Waals surface area contributed by atoms with E-state index in [1.54, 1.807) is 31.2 Å². The van der Waals surface area contributed by atoms with Crippen LogP contribution in [0.1, 0.15) is 21.7 Å². The summed E-state index contributed by atoms with van der Waals surface area (Å²) >= 11 is 17.9. The second-order valence-corrected chi connectivity index (χ2v) is 5.66. The summed E-state index contributed by atoms with van der Waals surface area (Å²) in [6.45, 7) is 1.73. The van der Waals surface area contributed by atoms with E-state index < -0.39 is 0 Å². The largest absolute Gasteiger partial charge is 0.287 e. The molecule has 0 N–H and O–H groups in total. The van der Waals surface area contributed by atoms with Crippen LogP contribution in [0.4, 0.5) is 0 Å². The zero-order chi connectivity index (χ0) is 15.1. The number of hydrogen-bond acceptors (Lipinski definition) is 3. The molecule has 0 fully saturated rings. The van der Waals surface area contributed by atoms with E-state index in [-0.39, 0.29) is 10.9 Å². The molecule has 106 valence electrons. The minimum absolute atomic E-state index is 0.270. The van der Waals surface area contributed by atoms with Crippen molar-refractivity contribution >= 4 is 46.2 Å². The van der Waals surface area contributed by atoms with Gasteiger partial charge in [0.15, 0.2) is 5.65 Å². The molecule has 0 unspecified atom stereocenters. The third-order valence-corrected chi connectivity index (χ3v) is 3.77. The summed E-state index contributed by atoms with van der Waals surface area (Å²) in [6, 6.07) is 8.03. The molecule has 21 heavy (non-hydrogen) atoms. The van der Waals surface area contributed by atoms with Crippen LogP contribution >= 0.6 is 34.8 Å². The lowest BCUT2D eigenvalue weighted by Gasteiger charge is -2.05. The van der Waals surface area contributed by atoms with Gasteiger partial charge in [0.05, 0.1) is 10.7 Å². The Hall–Kier alpha value is -1.62. The Morgan fingerprint density at radius 3 is 2.67 bits per heavy atom. The molecule has 2 aromatic heterocycles. The van der Waals surface area contributed by atoms with Crippen molar-refractivity contribution in [1.29, 1.82) is 0 Å². The fourth-order valence-corrected chi connectivity index (χ4v) is 2.59. The van der Waals surface area contributed by atoms with Gasteiger partial charge < -0.3 is 0 Å². The van der Waals surface area contributed by atoms with Crippen LogP contribution in [0, 0.1) is 6.92 Å². The summed E-state index contributed by atoms with van der Waals surface area (Å²) in [4.78, 5) is 17.0. The summed E-state index contributed by atoms with van der Waals surface area (Å²) in [5.74, 6) is -0.303. The van der Waals surface area contributed by atoms with Gasteiger partial charge in [0.1, 0.15) is 10.8 Å². The zero-order valence-corrected chi connectivity index (χ0v) is 13.0.